The Morgan fingerprint density at radius 2 is 1.92 bits per heavy atom. The number of hydrogen-bond donors (Lipinski definition) is 2. The van der Waals surface area contributed by atoms with Crippen molar-refractivity contribution in [2.24, 2.45) is 0 Å². The van der Waals surface area contributed by atoms with Gasteiger partial charge in [0.2, 0.25) is 5.91 Å². The lowest BCUT2D eigenvalue weighted by Gasteiger charge is -2.26. The molecule has 2 aromatic carbocycles. The van der Waals surface area contributed by atoms with Gasteiger partial charge in [0.05, 0.1) is 11.7 Å². The molecule has 1 aliphatic heterocycles. The molecule has 1 fully saturated rings. The number of pyridine rings is 1. The zero-order valence-electron chi connectivity index (χ0n) is 19.8. The minimum atomic E-state index is -0.282. The van der Waals surface area contributed by atoms with E-state index < -0.39 is 0 Å². The van der Waals surface area contributed by atoms with Crippen LogP contribution in [0, 0.1) is 0 Å². The maximum Gasteiger partial charge on any atom is 0.250 e. The van der Waals surface area contributed by atoms with Crippen molar-refractivity contribution >= 4 is 58.0 Å². The van der Waals surface area contributed by atoms with Gasteiger partial charge in [0.15, 0.2) is 10.2 Å². The minimum absolute atomic E-state index is 0.00935. The number of halogens is 1. The smallest absolute Gasteiger partial charge is 0.250 e. The first-order chi connectivity index (χ1) is 18.0. The molecule has 2 aromatic heterocycles. The van der Waals surface area contributed by atoms with E-state index in [4.69, 9.17) is 33.0 Å². The first kappa shape index (κ1) is 25.3. The summed E-state index contributed by atoms with van der Waals surface area (Å²) in [7, 11) is 1.48. The number of benzene rings is 2. The Hall–Kier alpha value is -3.37. The van der Waals surface area contributed by atoms with E-state index in [1.165, 1.54) is 18.9 Å². The summed E-state index contributed by atoms with van der Waals surface area (Å²) in [5.41, 5.74) is 2.37. The van der Waals surface area contributed by atoms with Crippen LogP contribution in [0.15, 0.2) is 99.5 Å². The molecule has 1 amide bonds. The molecule has 4 aromatic rings. The van der Waals surface area contributed by atoms with E-state index in [1.54, 1.807) is 6.20 Å². The summed E-state index contributed by atoms with van der Waals surface area (Å²) in [6, 6.07) is 24.3. The van der Waals surface area contributed by atoms with Crippen molar-refractivity contribution in [3.8, 4) is 0 Å². The molecule has 5 rings (SSSR count). The van der Waals surface area contributed by atoms with Gasteiger partial charge in [-0.1, -0.05) is 29.4 Å². The number of amides is 1. The maximum absolute atomic E-state index is 11.9. The van der Waals surface area contributed by atoms with E-state index in [0.29, 0.717) is 15.8 Å². The average molecular weight is 551 g/mol. The minimum Gasteiger partial charge on any atom is -0.452 e. The Labute approximate surface area is 229 Å². The Bertz CT molecular complexity index is 1380. The van der Waals surface area contributed by atoms with E-state index in [-0.39, 0.29) is 24.6 Å². The van der Waals surface area contributed by atoms with Gasteiger partial charge >= 0.3 is 0 Å². The SMILES string of the molecule is COCC(=O)Nc1ccc(N2C(=S)N[C@H](c3ccccn3)[C@@H]2c2ccc(Sc3ccc(Cl)cc3)o2)cc1. The van der Waals surface area contributed by atoms with Crippen LogP contribution in [0.1, 0.15) is 23.5 Å². The zero-order valence-corrected chi connectivity index (χ0v) is 22.1. The maximum atomic E-state index is 11.9. The third-order valence-electron chi connectivity index (χ3n) is 5.73. The van der Waals surface area contributed by atoms with Crippen molar-refractivity contribution in [1.82, 2.24) is 10.3 Å². The first-order valence-electron chi connectivity index (χ1n) is 11.4. The number of methoxy groups -OCH3 is 1. The number of rotatable bonds is 8. The van der Waals surface area contributed by atoms with Gasteiger partial charge in [0.25, 0.3) is 0 Å². The van der Waals surface area contributed by atoms with Gasteiger partial charge in [-0.2, -0.15) is 0 Å². The normalized spacial score (nSPS) is 17.0. The monoisotopic (exact) mass is 550 g/mol. The summed E-state index contributed by atoms with van der Waals surface area (Å²) in [6.45, 7) is -0.00935. The highest BCUT2D eigenvalue weighted by Crippen LogP contribution is 2.43. The number of carbonyl (C=O) groups is 1. The second-order valence-corrected chi connectivity index (χ2v) is 10.1. The first-order valence-corrected chi connectivity index (χ1v) is 13.0. The van der Waals surface area contributed by atoms with Crippen molar-refractivity contribution in [2.75, 3.05) is 23.9 Å². The third kappa shape index (κ3) is 5.80. The summed E-state index contributed by atoms with van der Waals surface area (Å²) in [4.78, 5) is 19.5. The van der Waals surface area contributed by atoms with Crippen LogP contribution in [0.2, 0.25) is 5.02 Å². The van der Waals surface area contributed by atoms with Gasteiger partial charge in [-0.25, -0.2) is 0 Å². The fourth-order valence-corrected chi connectivity index (χ4v) is 5.37. The van der Waals surface area contributed by atoms with Crippen molar-refractivity contribution in [1.29, 1.82) is 0 Å². The number of anilines is 2. The fourth-order valence-electron chi connectivity index (χ4n) is 4.12. The van der Waals surface area contributed by atoms with Gasteiger partial charge < -0.3 is 24.7 Å². The Morgan fingerprint density at radius 3 is 2.62 bits per heavy atom. The predicted molar refractivity (Wildman–Crippen MR) is 149 cm³/mol. The molecule has 3 heterocycles. The van der Waals surface area contributed by atoms with Crippen LogP contribution in [-0.4, -0.2) is 29.7 Å². The summed E-state index contributed by atoms with van der Waals surface area (Å²) in [6.07, 6.45) is 1.77. The second-order valence-electron chi connectivity index (χ2n) is 8.24. The summed E-state index contributed by atoms with van der Waals surface area (Å²) in [5.74, 6) is 0.528. The molecule has 1 saturated heterocycles. The standard InChI is InChI=1S/C27H23ClN4O3S2/c1-34-16-23(33)30-18-7-9-19(10-8-18)32-26(25(31-27(32)36)21-4-2-3-15-29-21)22-13-14-24(35-22)37-20-11-5-17(28)6-12-20/h2-15,25-26H,16H2,1H3,(H,30,33)(H,31,36)/t25-,26+/m1/s1. The number of aromatic nitrogens is 1. The topological polar surface area (TPSA) is 79.6 Å². The molecule has 37 heavy (non-hydrogen) atoms. The summed E-state index contributed by atoms with van der Waals surface area (Å²) < 4.78 is 11.2. The number of thiocarbonyl (C=S) groups is 1. The molecule has 0 aliphatic carbocycles. The highest BCUT2D eigenvalue weighted by Gasteiger charge is 2.42. The van der Waals surface area contributed by atoms with Gasteiger partial charge in [0.1, 0.15) is 18.4 Å². The van der Waals surface area contributed by atoms with E-state index in [1.807, 2.05) is 83.8 Å². The molecule has 0 saturated carbocycles. The van der Waals surface area contributed by atoms with Crippen LogP contribution in [-0.2, 0) is 9.53 Å². The van der Waals surface area contributed by atoms with Crippen LogP contribution in [0.5, 0.6) is 0 Å². The number of furan rings is 1. The van der Waals surface area contributed by atoms with Crippen LogP contribution < -0.4 is 15.5 Å². The van der Waals surface area contributed by atoms with Gasteiger partial charge in [-0.15, -0.1) is 0 Å². The molecule has 0 spiro atoms. The summed E-state index contributed by atoms with van der Waals surface area (Å²) in [5, 5.41) is 8.23. The number of hydrogen-bond acceptors (Lipinski definition) is 6. The van der Waals surface area contributed by atoms with Crippen LogP contribution in [0.4, 0.5) is 11.4 Å². The Kier molecular flexibility index (Phi) is 7.76. The van der Waals surface area contributed by atoms with Gasteiger partial charge in [-0.05, 0) is 85.0 Å². The van der Waals surface area contributed by atoms with Gasteiger partial charge in [-0.3, -0.25) is 9.78 Å². The molecule has 7 nitrogen and oxygen atoms in total. The third-order valence-corrected chi connectivity index (χ3v) is 7.22. The van der Waals surface area contributed by atoms with Gasteiger partial charge in [0, 0.05) is 34.6 Å². The molecular formula is C27H23ClN4O3S2. The van der Waals surface area contributed by atoms with Crippen molar-refractivity contribution in [2.45, 2.75) is 22.1 Å². The highest BCUT2D eigenvalue weighted by atomic mass is 35.5. The largest absolute Gasteiger partial charge is 0.452 e. The van der Waals surface area contributed by atoms with E-state index in [2.05, 4.69) is 15.6 Å². The molecule has 0 radical (unpaired) electrons. The molecular weight excluding hydrogens is 528 g/mol. The number of carbonyl (C=O) groups excluding carboxylic acids is 1. The van der Waals surface area contributed by atoms with Crippen LogP contribution >= 0.6 is 35.6 Å². The van der Waals surface area contributed by atoms with Crippen LogP contribution in [0.3, 0.4) is 0 Å². The fraction of sp³-hybridized carbons (Fsp3) is 0.148. The second kappa shape index (κ2) is 11.4. The average Bonchev–Trinajstić information content (AvgIpc) is 3.50. The Morgan fingerprint density at radius 1 is 1.14 bits per heavy atom. The number of ether oxygens (including phenoxy) is 1. The number of nitrogens with zero attached hydrogens (tertiary/aromatic N) is 2. The lowest BCUT2D eigenvalue weighted by molar-refractivity contribution is -0.119. The lowest BCUT2D eigenvalue weighted by atomic mass is 10.0. The highest BCUT2D eigenvalue weighted by molar-refractivity contribution is 7.99. The van der Waals surface area contributed by atoms with Crippen molar-refractivity contribution in [3.05, 3.63) is 102 Å². The Balaban J connectivity index is 1.46. The molecule has 2 N–H and O–H groups in total. The molecule has 0 bridgehead atoms. The van der Waals surface area contributed by atoms with Crippen molar-refractivity contribution in [3.63, 3.8) is 0 Å². The molecule has 188 valence electrons. The quantitative estimate of drug-likeness (QED) is 0.250. The zero-order chi connectivity index (χ0) is 25.8. The lowest BCUT2D eigenvalue weighted by Crippen LogP contribution is -2.29. The van der Waals surface area contributed by atoms with E-state index in [9.17, 15) is 4.79 Å². The molecule has 0 unspecified atom stereocenters. The van der Waals surface area contributed by atoms with E-state index in [0.717, 1.165) is 27.1 Å². The molecule has 2 atom stereocenters. The van der Waals surface area contributed by atoms with E-state index >= 15 is 0 Å². The van der Waals surface area contributed by atoms with Crippen molar-refractivity contribution < 1.29 is 13.9 Å². The predicted octanol–water partition coefficient (Wildman–Crippen LogP) is 6.24. The molecule has 10 heteroatoms. The summed E-state index contributed by atoms with van der Waals surface area (Å²) >= 11 is 13.3. The molecule has 1 aliphatic rings. The van der Waals surface area contributed by atoms with Crippen LogP contribution in [0.25, 0.3) is 0 Å². The number of nitrogens with one attached hydrogen (secondary N) is 2.